The van der Waals surface area contributed by atoms with E-state index in [4.69, 9.17) is 30.5 Å². The van der Waals surface area contributed by atoms with E-state index in [1.807, 2.05) is 12.1 Å². The van der Waals surface area contributed by atoms with E-state index in [0.717, 1.165) is 15.6 Å². The van der Waals surface area contributed by atoms with E-state index >= 15 is 0 Å². The molecule has 0 N–H and O–H groups in total. The Morgan fingerprint density at radius 3 is 2.76 bits per heavy atom. The molecular formula is C25H16BrClO6. The number of hydrogen-bond donors (Lipinski definition) is 0. The molecule has 0 saturated heterocycles. The minimum Gasteiger partial charge on any atom is -0.467 e. The molecule has 2 aliphatic heterocycles. The first-order chi connectivity index (χ1) is 16.0. The summed E-state index contributed by atoms with van der Waals surface area (Å²) in [5.74, 6) is 0.742. The maximum atomic E-state index is 12.9. The van der Waals surface area contributed by atoms with Crippen molar-refractivity contribution >= 4 is 45.4 Å². The maximum Gasteiger partial charge on any atom is 0.315 e. The molecule has 8 heteroatoms. The number of carbonyl (C=O) groups excluding carboxylic acids is 2. The highest BCUT2D eigenvalue weighted by Crippen LogP contribution is 2.38. The Morgan fingerprint density at radius 2 is 1.94 bits per heavy atom. The summed E-state index contributed by atoms with van der Waals surface area (Å²) in [6.07, 6.45) is 1.74. The van der Waals surface area contributed by atoms with Gasteiger partial charge in [-0.3, -0.25) is 9.59 Å². The van der Waals surface area contributed by atoms with Gasteiger partial charge in [-0.05, 0) is 48.0 Å². The van der Waals surface area contributed by atoms with Gasteiger partial charge in [-0.15, -0.1) is 0 Å². The summed E-state index contributed by atoms with van der Waals surface area (Å²) in [7, 11) is 0. The molecule has 0 spiro atoms. The number of hydrogen-bond acceptors (Lipinski definition) is 6. The zero-order valence-corrected chi connectivity index (χ0v) is 19.4. The largest absolute Gasteiger partial charge is 0.467 e. The fourth-order valence-corrected chi connectivity index (χ4v) is 4.27. The molecular weight excluding hydrogens is 512 g/mol. The molecule has 0 aliphatic carbocycles. The third kappa shape index (κ3) is 4.66. The number of ether oxygens (including phenoxy) is 4. The molecule has 0 aromatic heterocycles. The van der Waals surface area contributed by atoms with Gasteiger partial charge in [0.15, 0.2) is 12.6 Å². The van der Waals surface area contributed by atoms with Gasteiger partial charge in [0.2, 0.25) is 5.78 Å². The molecule has 0 fully saturated rings. The van der Waals surface area contributed by atoms with Crippen LogP contribution in [-0.4, -0.2) is 18.5 Å². The Bertz CT molecular complexity index is 1300. The number of halogens is 2. The molecule has 0 atom stereocenters. The summed E-state index contributed by atoms with van der Waals surface area (Å²) in [6, 6.07) is 15.4. The topological polar surface area (TPSA) is 71.1 Å². The Hall–Kier alpha value is -3.13. The normalized spacial score (nSPS) is 15.5. The predicted molar refractivity (Wildman–Crippen MR) is 125 cm³/mol. The van der Waals surface area contributed by atoms with Gasteiger partial charge >= 0.3 is 5.97 Å². The molecule has 2 aliphatic rings. The average molecular weight is 528 g/mol. The third-order valence-electron chi connectivity index (χ3n) is 5.12. The molecule has 3 aromatic rings. The molecule has 33 heavy (non-hydrogen) atoms. The van der Waals surface area contributed by atoms with Crippen LogP contribution in [0.1, 0.15) is 27.0 Å². The second-order valence-electron chi connectivity index (χ2n) is 7.47. The van der Waals surface area contributed by atoms with E-state index in [1.54, 1.807) is 42.5 Å². The van der Waals surface area contributed by atoms with Crippen molar-refractivity contribution in [1.29, 1.82) is 0 Å². The number of Topliss-reactive ketones (excluding diaryl/α,β-unsaturated/α-hetero) is 1. The lowest BCUT2D eigenvalue weighted by Gasteiger charge is -2.20. The zero-order valence-electron chi connectivity index (χ0n) is 17.1. The fourth-order valence-electron chi connectivity index (χ4n) is 3.62. The molecule has 0 saturated carbocycles. The molecule has 0 unspecified atom stereocenters. The minimum atomic E-state index is -0.433. The number of ketones is 1. The van der Waals surface area contributed by atoms with E-state index in [2.05, 4.69) is 15.9 Å². The molecule has 0 bridgehead atoms. The van der Waals surface area contributed by atoms with Gasteiger partial charge < -0.3 is 18.9 Å². The quantitative estimate of drug-likeness (QED) is 0.245. The highest BCUT2D eigenvalue weighted by Gasteiger charge is 2.29. The summed E-state index contributed by atoms with van der Waals surface area (Å²) in [6.45, 7) is 0.565. The molecule has 0 amide bonds. The van der Waals surface area contributed by atoms with Gasteiger partial charge in [-0.25, -0.2) is 0 Å². The second-order valence-corrected chi connectivity index (χ2v) is 8.82. The monoisotopic (exact) mass is 526 g/mol. The Labute approximate surface area is 202 Å². The highest BCUT2D eigenvalue weighted by molar-refractivity contribution is 9.10. The van der Waals surface area contributed by atoms with Crippen LogP contribution in [0.2, 0.25) is 5.02 Å². The van der Waals surface area contributed by atoms with Crippen molar-refractivity contribution in [2.75, 3.05) is 6.79 Å². The average Bonchev–Trinajstić information content (AvgIpc) is 3.09. The summed E-state index contributed by atoms with van der Waals surface area (Å²) < 4.78 is 23.0. The summed E-state index contributed by atoms with van der Waals surface area (Å²) >= 11 is 9.34. The van der Waals surface area contributed by atoms with Crippen LogP contribution in [0, 0.1) is 0 Å². The minimum absolute atomic E-state index is 0.0942. The molecule has 3 aromatic carbocycles. The number of fused-ring (bicyclic) bond motifs is 2. The van der Waals surface area contributed by atoms with E-state index in [-0.39, 0.29) is 24.8 Å². The van der Waals surface area contributed by atoms with Crippen molar-refractivity contribution in [2.45, 2.75) is 13.0 Å². The first kappa shape index (κ1) is 21.7. The lowest BCUT2D eigenvalue weighted by molar-refractivity contribution is -0.133. The van der Waals surface area contributed by atoms with Crippen molar-refractivity contribution in [1.82, 2.24) is 0 Å². The van der Waals surface area contributed by atoms with Crippen LogP contribution in [0.25, 0.3) is 6.08 Å². The van der Waals surface area contributed by atoms with Gasteiger partial charge in [0.25, 0.3) is 0 Å². The number of carbonyl (C=O) groups is 2. The van der Waals surface area contributed by atoms with Crippen molar-refractivity contribution in [2.24, 2.45) is 0 Å². The molecule has 6 nitrogen and oxygen atoms in total. The van der Waals surface area contributed by atoms with E-state index in [9.17, 15) is 9.59 Å². The molecule has 0 radical (unpaired) electrons. The first-order valence-electron chi connectivity index (χ1n) is 10.0. The highest BCUT2D eigenvalue weighted by atomic mass is 79.9. The second kappa shape index (κ2) is 9.02. The van der Waals surface area contributed by atoms with Gasteiger partial charge in [0.05, 0.1) is 18.6 Å². The Balaban J connectivity index is 1.35. The van der Waals surface area contributed by atoms with Crippen LogP contribution in [0.15, 0.2) is 64.8 Å². The molecule has 166 valence electrons. The smallest absolute Gasteiger partial charge is 0.315 e. The van der Waals surface area contributed by atoms with Crippen LogP contribution in [-0.2, 0) is 22.6 Å². The van der Waals surface area contributed by atoms with Crippen molar-refractivity contribution < 1.29 is 28.5 Å². The van der Waals surface area contributed by atoms with Crippen LogP contribution in [0.3, 0.4) is 0 Å². The fraction of sp³-hybridized carbons (Fsp3) is 0.120. The zero-order chi connectivity index (χ0) is 22.9. The summed E-state index contributed by atoms with van der Waals surface area (Å²) in [4.78, 5) is 25.2. The predicted octanol–water partition coefficient (Wildman–Crippen LogP) is 5.73. The Kier molecular flexibility index (Phi) is 5.93. The summed E-state index contributed by atoms with van der Waals surface area (Å²) in [5.41, 5.74) is 2.76. The SMILES string of the molecule is O=C(Cc1ccc(Cl)cc1)Oc1ccc2c(c1)O/C(=C\c1cc(Br)cc3c1OCOC3)C2=O. The lowest BCUT2D eigenvalue weighted by atomic mass is 10.1. The number of esters is 1. The number of benzene rings is 3. The van der Waals surface area contributed by atoms with Crippen molar-refractivity contribution in [3.05, 3.63) is 92.1 Å². The molecule has 2 heterocycles. The third-order valence-corrected chi connectivity index (χ3v) is 5.83. The number of allylic oxidation sites excluding steroid dienone is 1. The van der Waals surface area contributed by atoms with Gasteiger partial charge in [0.1, 0.15) is 17.2 Å². The Morgan fingerprint density at radius 1 is 1.12 bits per heavy atom. The van der Waals surface area contributed by atoms with Crippen LogP contribution >= 0.6 is 27.5 Å². The van der Waals surface area contributed by atoms with Crippen LogP contribution < -0.4 is 14.2 Å². The van der Waals surface area contributed by atoms with Crippen LogP contribution in [0.4, 0.5) is 0 Å². The molecule has 5 rings (SSSR count). The van der Waals surface area contributed by atoms with Gasteiger partial charge in [-0.2, -0.15) is 0 Å². The first-order valence-corrected chi connectivity index (χ1v) is 11.2. The van der Waals surface area contributed by atoms with Crippen molar-refractivity contribution in [3.63, 3.8) is 0 Å². The maximum absolute atomic E-state index is 12.9. The van der Waals surface area contributed by atoms with Gasteiger partial charge in [0, 0.05) is 26.7 Å². The van der Waals surface area contributed by atoms with E-state index in [0.29, 0.717) is 40.0 Å². The van der Waals surface area contributed by atoms with Gasteiger partial charge in [-0.1, -0.05) is 39.7 Å². The lowest BCUT2D eigenvalue weighted by Crippen LogP contribution is -2.12. The van der Waals surface area contributed by atoms with E-state index < -0.39 is 5.97 Å². The standard InChI is InChI=1S/C25H16BrClO6/c26-17-8-15(25-16(9-17)12-30-13-31-25)10-22-24(29)20-6-5-19(11-21(20)33-22)32-23(28)7-14-1-3-18(27)4-2-14/h1-6,8-11H,7,12-13H2/b22-10-. The van der Waals surface area contributed by atoms with E-state index in [1.165, 1.54) is 6.07 Å². The van der Waals surface area contributed by atoms with Crippen molar-refractivity contribution in [3.8, 4) is 17.2 Å². The van der Waals surface area contributed by atoms with Crippen LogP contribution in [0.5, 0.6) is 17.2 Å². The number of rotatable bonds is 4. The summed E-state index contributed by atoms with van der Waals surface area (Å²) in [5, 5.41) is 0.597.